The summed E-state index contributed by atoms with van der Waals surface area (Å²) in [6.45, 7) is 0.633. The molecule has 0 amide bonds. The van der Waals surface area contributed by atoms with Gasteiger partial charge in [-0.1, -0.05) is 56.4 Å². The van der Waals surface area contributed by atoms with E-state index < -0.39 is 24.3 Å². The number of nitrogens with one attached hydrogen (secondary N) is 1. The molecule has 0 radical (unpaired) electrons. The Morgan fingerprint density at radius 1 is 0.562 bits per heavy atom. The first-order valence-corrected chi connectivity index (χ1v) is 11.2. The highest BCUT2D eigenvalue weighted by molar-refractivity contribution is 5.44. The number of anilines is 1. The molecule has 0 aliphatic rings. The number of hydrogen-bond donors (Lipinski definition) is 1. The van der Waals surface area contributed by atoms with Gasteiger partial charge in [0.15, 0.2) is 0 Å². The summed E-state index contributed by atoms with van der Waals surface area (Å²) in [4.78, 5) is 0. The molecule has 0 bridgehead atoms. The molecule has 7 heteroatoms. The number of aryl methyl sites for hydroxylation is 1. The second-order valence-corrected chi connectivity index (χ2v) is 8.16. The van der Waals surface area contributed by atoms with Crippen LogP contribution in [0.15, 0.2) is 48.5 Å². The molecule has 0 unspecified atom stereocenters. The Morgan fingerprint density at radius 2 is 1.06 bits per heavy atom. The highest BCUT2D eigenvalue weighted by Crippen LogP contribution is 2.29. The Labute approximate surface area is 186 Å². The lowest BCUT2D eigenvalue weighted by molar-refractivity contribution is -0.137. The molecule has 0 aliphatic carbocycles. The molecule has 0 spiro atoms. The van der Waals surface area contributed by atoms with Crippen molar-refractivity contribution in [1.29, 1.82) is 0 Å². The van der Waals surface area contributed by atoms with E-state index in [4.69, 9.17) is 0 Å². The first-order chi connectivity index (χ1) is 15.1. The fourth-order valence-electron chi connectivity index (χ4n) is 3.54. The zero-order valence-corrected chi connectivity index (χ0v) is 18.2. The van der Waals surface area contributed by atoms with Crippen LogP contribution in [0.4, 0.5) is 32.0 Å². The molecule has 0 aromatic heterocycles. The summed E-state index contributed by atoms with van der Waals surface area (Å²) in [6, 6.07) is 13.4. The van der Waals surface area contributed by atoms with Gasteiger partial charge in [0.25, 0.3) is 0 Å². The van der Waals surface area contributed by atoms with Gasteiger partial charge in [0.1, 0.15) is 0 Å². The van der Waals surface area contributed by atoms with Crippen molar-refractivity contribution < 1.29 is 26.3 Å². The van der Waals surface area contributed by atoms with E-state index in [9.17, 15) is 26.3 Å². The lowest BCUT2D eigenvalue weighted by Crippen LogP contribution is -2.07. The minimum atomic E-state index is -4.31. The maximum Gasteiger partial charge on any atom is 0.416 e. The standard InChI is InChI=1S/C25H31F6N/c26-24(27,28)18-7-5-3-1-2-4-6-8-20-11-15-23(16-12-20)32-19-17-21-9-13-22(14-10-21)25(29,30)31/h9-16,32H,1-8,17-19H2. The molecule has 0 heterocycles. The first kappa shape index (κ1) is 26.1. The summed E-state index contributed by atoms with van der Waals surface area (Å²) >= 11 is 0. The quantitative estimate of drug-likeness (QED) is 0.234. The summed E-state index contributed by atoms with van der Waals surface area (Å²) in [7, 11) is 0. The fourth-order valence-corrected chi connectivity index (χ4v) is 3.54. The van der Waals surface area contributed by atoms with Gasteiger partial charge in [-0.05, 0) is 61.1 Å². The SMILES string of the molecule is FC(F)(F)CCCCCCCCCc1ccc(NCCc2ccc(C(F)(F)F)cc2)cc1. The van der Waals surface area contributed by atoms with Crippen LogP contribution in [0, 0.1) is 0 Å². The number of halogens is 6. The van der Waals surface area contributed by atoms with Crippen molar-refractivity contribution in [3.8, 4) is 0 Å². The third-order valence-corrected chi connectivity index (χ3v) is 5.40. The number of rotatable bonds is 13. The van der Waals surface area contributed by atoms with Crippen molar-refractivity contribution in [2.75, 3.05) is 11.9 Å². The van der Waals surface area contributed by atoms with Crippen LogP contribution in [-0.4, -0.2) is 12.7 Å². The van der Waals surface area contributed by atoms with Crippen LogP contribution in [0.25, 0.3) is 0 Å². The van der Waals surface area contributed by atoms with Gasteiger partial charge < -0.3 is 5.32 Å². The zero-order chi connectivity index (χ0) is 23.5. The van der Waals surface area contributed by atoms with Crippen LogP contribution in [0.5, 0.6) is 0 Å². The average molecular weight is 460 g/mol. The zero-order valence-electron chi connectivity index (χ0n) is 18.2. The van der Waals surface area contributed by atoms with Crippen molar-refractivity contribution in [3.63, 3.8) is 0 Å². The summed E-state index contributed by atoms with van der Waals surface area (Å²) in [5.41, 5.74) is 2.43. The molecule has 32 heavy (non-hydrogen) atoms. The van der Waals surface area contributed by atoms with Gasteiger partial charge in [0.05, 0.1) is 5.56 Å². The highest BCUT2D eigenvalue weighted by Gasteiger charge is 2.29. The molecule has 178 valence electrons. The molecule has 0 atom stereocenters. The second-order valence-electron chi connectivity index (χ2n) is 8.16. The Kier molecular flexibility index (Phi) is 10.4. The summed E-state index contributed by atoms with van der Waals surface area (Å²) in [5.74, 6) is 0. The van der Waals surface area contributed by atoms with E-state index in [0.717, 1.165) is 61.9 Å². The van der Waals surface area contributed by atoms with Gasteiger partial charge in [-0.25, -0.2) is 0 Å². The smallest absolute Gasteiger partial charge is 0.385 e. The minimum absolute atomic E-state index is 0.230. The molecule has 0 saturated carbocycles. The minimum Gasteiger partial charge on any atom is -0.385 e. The van der Waals surface area contributed by atoms with E-state index in [1.54, 1.807) is 0 Å². The van der Waals surface area contributed by atoms with Crippen LogP contribution in [0.2, 0.25) is 0 Å². The van der Waals surface area contributed by atoms with E-state index in [-0.39, 0.29) is 6.42 Å². The van der Waals surface area contributed by atoms with Crippen molar-refractivity contribution in [2.24, 2.45) is 0 Å². The molecule has 1 nitrogen and oxygen atoms in total. The van der Waals surface area contributed by atoms with E-state index in [2.05, 4.69) is 17.4 Å². The van der Waals surface area contributed by atoms with Crippen LogP contribution >= 0.6 is 0 Å². The van der Waals surface area contributed by atoms with Crippen LogP contribution in [-0.2, 0) is 19.0 Å². The normalized spacial score (nSPS) is 12.2. The van der Waals surface area contributed by atoms with Crippen molar-refractivity contribution in [3.05, 3.63) is 65.2 Å². The van der Waals surface area contributed by atoms with Gasteiger partial charge in [-0.3, -0.25) is 0 Å². The Hall–Kier alpha value is -2.18. The Morgan fingerprint density at radius 3 is 1.62 bits per heavy atom. The molecule has 0 aliphatic heterocycles. The molecular formula is C25H31F6N. The maximum absolute atomic E-state index is 12.6. The summed E-state index contributed by atoms with van der Waals surface area (Å²) < 4.78 is 73.9. The van der Waals surface area contributed by atoms with E-state index in [1.165, 1.54) is 17.7 Å². The molecule has 0 saturated heterocycles. The van der Waals surface area contributed by atoms with Crippen LogP contribution in [0.3, 0.4) is 0 Å². The van der Waals surface area contributed by atoms with Gasteiger partial charge in [0, 0.05) is 18.7 Å². The molecule has 2 aromatic rings. The number of unbranched alkanes of at least 4 members (excludes halogenated alkanes) is 6. The fraction of sp³-hybridized carbons (Fsp3) is 0.520. The van der Waals surface area contributed by atoms with Crippen molar-refractivity contribution >= 4 is 5.69 Å². The van der Waals surface area contributed by atoms with Crippen LogP contribution in [0.1, 0.15) is 68.1 Å². The first-order valence-electron chi connectivity index (χ1n) is 11.2. The third-order valence-electron chi connectivity index (χ3n) is 5.40. The number of hydrogen-bond acceptors (Lipinski definition) is 1. The predicted molar refractivity (Wildman–Crippen MR) is 117 cm³/mol. The van der Waals surface area contributed by atoms with Gasteiger partial charge >= 0.3 is 12.4 Å². The lowest BCUT2D eigenvalue weighted by atomic mass is 10.0. The van der Waals surface area contributed by atoms with Gasteiger partial charge in [0.2, 0.25) is 0 Å². The second kappa shape index (κ2) is 12.8. The lowest BCUT2D eigenvalue weighted by Gasteiger charge is -2.10. The topological polar surface area (TPSA) is 12.0 Å². The molecular weight excluding hydrogens is 428 g/mol. The molecule has 2 rings (SSSR count). The summed E-state index contributed by atoms with van der Waals surface area (Å²) in [6.07, 6.45) is -1.49. The van der Waals surface area contributed by atoms with E-state index >= 15 is 0 Å². The third kappa shape index (κ3) is 10.9. The monoisotopic (exact) mass is 459 g/mol. The van der Waals surface area contributed by atoms with Gasteiger partial charge in [-0.15, -0.1) is 0 Å². The summed E-state index contributed by atoms with van der Waals surface area (Å²) in [5, 5.41) is 3.28. The number of benzene rings is 2. The molecule has 2 aromatic carbocycles. The molecule has 1 N–H and O–H groups in total. The van der Waals surface area contributed by atoms with Crippen molar-refractivity contribution in [2.45, 2.75) is 76.6 Å². The van der Waals surface area contributed by atoms with Gasteiger partial charge in [-0.2, -0.15) is 26.3 Å². The Bertz CT molecular complexity index is 763. The van der Waals surface area contributed by atoms with E-state index in [1.807, 2.05) is 12.1 Å². The van der Waals surface area contributed by atoms with Crippen molar-refractivity contribution in [1.82, 2.24) is 0 Å². The average Bonchev–Trinajstić information content (AvgIpc) is 2.72. The highest BCUT2D eigenvalue weighted by atomic mass is 19.4. The number of alkyl halides is 6. The maximum atomic E-state index is 12.6. The largest absolute Gasteiger partial charge is 0.416 e. The van der Waals surface area contributed by atoms with E-state index in [0.29, 0.717) is 19.4 Å². The predicted octanol–water partition coefficient (Wildman–Crippen LogP) is 8.59. The molecule has 0 fully saturated rings. The Balaban J connectivity index is 1.55. The van der Waals surface area contributed by atoms with Crippen LogP contribution < -0.4 is 5.32 Å².